The van der Waals surface area contributed by atoms with Gasteiger partial charge >= 0.3 is 0 Å². The minimum absolute atomic E-state index is 0.699. The van der Waals surface area contributed by atoms with E-state index in [2.05, 4.69) is 13.5 Å². The first kappa shape index (κ1) is 9.03. The van der Waals surface area contributed by atoms with Crippen LogP contribution in [-0.4, -0.2) is 5.88 Å². The summed E-state index contributed by atoms with van der Waals surface area (Å²) < 4.78 is 0. The lowest BCUT2D eigenvalue weighted by molar-refractivity contribution is 0.528. The normalized spacial score (nSPS) is 13.1. The molecule has 9 heavy (non-hydrogen) atoms. The molecule has 0 radical (unpaired) electrons. The van der Waals surface area contributed by atoms with Crippen LogP contribution in [0, 0.1) is 5.92 Å². The Balaban J connectivity index is 3.19. The number of rotatable bonds is 5. The van der Waals surface area contributed by atoms with Crippen molar-refractivity contribution in [1.82, 2.24) is 0 Å². The average molecular weight is 147 g/mol. The lowest BCUT2D eigenvalue weighted by atomic mass is 10.0. The molecule has 0 saturated carbocycles. The van der Waals surface area contributed by atoms with Gasteiger partial charge in [0.2, 0.25) is 0 Å². The summed E-state index contributed by atoms with van der Waals surface area (Å²) >= 11 is 5.67. The van der Waals surface area contributed by atoms with Crippen LogP contribution in [0.15, 0.2) is 12.7 Å². The Morgan fingerprint density at radius 1 is 1.67 bits per heavy atom. The maximum atomic E-state index is 5.67. The van der Waals surface area contributed by atoms with E-state index in [9.17, 15) is 0 Å². The van der Waals surface area contributed by atoms with E-state index in [-0.39, 0.29) is 0 Å². The average Bonchev–Trinajstić information content (AvgIpc) is 1.91. The Bertz CT molecular complexity index is 65.0. The summed E-state index contributed by atoms with van der Waals surface area (Å²) in [6.45, 7) is 5.83. The molecule has 0 aliphatic heterocycles. The van der Waals surface area contributed by atoms with Gasteiger partial charge in [0.05, 0.1) is 0 Å². The van der Waals surface area contributed by atoms with Crippen LogP contribution in [-0.2, 0) is 0 Å². The Kier molecular flexibility index (Phi) is 6.18. The predicted molar refractivity (Wildman–Crippen MR) is 43.9 cm³/mol. The fourth-order valence-corrected chi connectivity index (χ4v) is 1.12. The molecule has 0 aromatic heterocycles. The largest absolute Gasteiger partial charge is 0.126 e. The highest BCUT2D eigenvalue weighted by molar-refractivity contribution is 6.18. The number of halogens is 1. The van der Waals surface area contributed by atoms with Crippen LogP contribution < -0.4 is 0 Å². The topological polar surface area (TPSA) is 0 Å². The molecule has 0 N–H and O–H groups in total. The third kappa shape index (κ3) is 4.53. The summed E-state index contributed by atoms with van der Waals surface area (Å²) in [5, 5.41) is 0. The van der Waals surface area contributed by atoms with E-state index >= 15 is 0 Å². The van der Waals surface area contributed by atoms with E-state index in [1.807, 2.05) is 6.08 Å². The summed E-state index contributed by atoms with van der Waals surface area (Å²) in [6, 6.07) is 0. The summed E-state index contributed by atoms with van der Waals surface area (Å²) in [5.41, 5.74) is 0. The van der Waals surface area contributed by atoms with Gasteiger partial charge in [-0.05, 0) is 18.8 Å². The minimum Gasteiger partial charge on any atom is -0.126 e. The molecule has 54 valence electrons. The Hall–Kier alpha value is 0.0300. The molecule has 0 nitrogen and oxygen atoms in total. The van der Waals surface area contributed by atoms with Gasteiger partial charge in [-0.15, -0.1) is 18.2 Å². The van der Waals surface area contributed by atoms with Crippen LogP contribution in [0.4, 0.5) is 0 Å². The Morgan fingerprint density at radius 2 is 2.33 bits per heavy atom. The van der Waals surface area contributed by atoms with Crippen LogP contribution in [0.1, 0.15) is 26.2 Å². The highest BCUT2D eigenvalue weighted by atomic mass is 35.5. The first-order valence-corrected chi connectivity index (χ1v) is 4.05. The number of allylic oxidation sites excluding steroid dienone is 1. The molecule has 0 rings (SSSR count). The molecule has 1 atom stereocenters. The highest BCUT2D eigenvalue weighted by Gasteiger charge is 2.00. The van der Waals surface area contributed by atoms with E-state index in [1.165, 1.54) is 12.8 Å². The SMILES string of the molecule is C=CCCC(CC)CCl. The van der Waals surface area contributed by atoms with Crippen molar-refractivity contribution in [1.29, 1.82) is 0 Å². The second-order valence-electron chi connectivity index (χ2n) is 2.29. The van der Waals surface area contributed by atoms with Crippen LogP contribution in [0.3, 0.4) is 0 Å². The predicted octanol–water partition coefficient (Wildman–Crippen LogP) is 3.22. The zero-order valence-corrected chi connectivity index (χ0v) is 6.82. The standard InChI is InChI=1S/C8H15Cl/c1-3-5-6-8(4-2)7-9/h3,8H,1,4-7H2,2H3. The monoisotopic (exact) mass is 146 g/mol. The molecular weight excluding hydrogens is 132 g/mol. The van der Waals surface area contributed by atoms with E-state index in [4.69, 9.17) is 11.6 Å². The quantitative estimate of drug-likeness (QED) is 0.413. The molecule has 0 heterocycles. The lowest BCUT2D eigenvalue weighted by Crippen LogP contribution is -1.98. The second kappa shape index (κ2) is 6.15. The molecule has 0 aromatic rings. The van der Waals surface area contributed by atoms with Gasteiger partial charge in [0, 0.05) is 5.88 Å². The summed E-state index contributed by atoms with van der Waals surface area (Å²) in [5.74, 6) is 1.49. The molecule has 0 aliphatic rings. The maximum Gasteiger partial charge on any atom is 0.0251 e. The van der Waals surface area contributed by atoms with E-state index in [0.717, 1.165) is 12.3 Å². The molecule has 0 aromatic carbocycles. The van der Waals surface area contributed by atoms with Crippen LogP contribution >= 0.6 is 11.6 Å². The first-order valence-electron chi connectivity index (χ1n) is 3.52. The van der Waals surface area contributed by atoms with Crippen molar-refractivity contribution < 1.29 is 0 Å². The fourth-order valence-electron chi connectivity index (χ4n) is 0.744. The van der Waals surface area contributed by atoms with Gasteiger partial charge in [0.15, 0.2) is 0 Å². The highest BCUT2D eigenvalue weighted by Crippen LogP contribution is 2.12. The summed E-state index contributed by atoms with van der Waals surface area (Å²) in [6.07, 6.45) is 5.45. The second-order valence-corrected chi connectivity index (χ2v) is 2.60. The Morgan fingerprint density at radius 3 is 2.67 bits per heavy atom. The molecular formula is C8H15Cl. The lowest BCUT2D eigenvalue weighted by Gasteiger charge is -2.07. The van der Waals surface area contributed by atoms with Gasteiger partial charge in [-0.1, -0.05) is 19.4 Å². The number of alkyl halides is 1. The number of hydrogen-bond acceptors (Lipinski definition) is 0. The van der Waals surface area contributed by atoms with Gasteiger partial charge in [-0.25, -0.2) is 0 Å². The maximum absolute atomic E-state index is 5.67. The van der Waals surface area contributed by atoms with Gasteiger partial charge < -0.3 is 0 Å². The van der Waals surface area contributed by atoms with E-state index in [0.29, 0.717) is 5.92 Å². The molecule has 0 saturated heterocycles. The smallest absolute Gasteiger partial charge is 0.0251 e. The molecule has 0 aliphatic carbocycles. The summed E-state index contributed by atoms with van der Waals surface area (Å²) in [7, 11) is 0. The molecule has 0 amide bonds. The van der Waals surface area contributed by atoms with Crippen molar-refractivity contribution in [3.05, 3.63) is 12.7 Å². The van der Waals surface area contributed by atoms with Gasteiger partial charge in [0.1, 0.15) is 0 Å². The zero-order valence-electron chi connectivity index (χ0n) is 6.07. The summed E-state index contributed by atoms with van der Waals surface area (Å²) in [4.78, 5) is 0. The minimum atomic E-state index is 0.699. The van der Waals surface area contributed by atoms with Crippen LogP contribution in [0.5, 0.6) is 0 Å². The van der Waals surface area contributed by atoms with Gasteiger partial charge in [-0.3, -0.25) is 0 Å². The molecule has 1 heteroatoms. The third-order valence-electron chi connectivity index (χ3n) is 1.57. The van der Waals surface area contributed by atoms with E-state index < -0.39 is 0 Å². The van der Waals surface area contributed by atoms with E-state index in [1.54, 1.807) is 0 Å². The van der Waals surface area contributed by atoms with Crippen molar-refractivity contribution in [2.24, 2.45) is 5.92 Å². The molecule has 0 bridgehead atoms. The van der Waals surface area contributed by atoms with Gasteiger partial charge in [-0.2, -0.15) is 0 Å². The first-order chi connectivity index (χ1) is 4.35. The van der Waals surface area contributed by atoms with Crippen molar-refractivity contribution in [3.63, 3.8) is 0 Å². The van der Waals surface area contributed by atoms with Crippen molar-refractivity contribution in [3.8, 4) is 0 Å². The third-order valence-corrected chi connectivity index (χ3v) is 2.01. The molecule has 1 unspecified atom stereocenters. The molecule has 0 fully saturated rings. The zero-order chi connectivity index (χ0) is 7.11. The van der Waals surface area contributed by atoms with Crippen LogP contribution in [0.2, 0.25) is 0 Å². The van der Waals surface area contributed by atoms with Crippen LogP contribution in [0.25, 0.3) is 0 Å². The van der Waals surface area contributed by atoms with Gasteiger partial charge in [0.25, 0.3) is 0 Å². The Labute approximate surface area is 62.9 Å². The van der Waals surface area contributed by atoms with Crippen molar-refractivity contribution in [2.75, 3.05) is 5.88 Å². The fraction of sp³-hybridized carbons (Fsp3) is 0.750. The number of hydrogen-bond donors (Lipinski definition) is 0. The van der Waals surface area contributed by atoms with Crippen molar-refractivity contribution >= 4 is 11.6 Å². The van der Waals surface area contributed by atoms with Crippen molar-refractivity contribution in [2.45, 2.75) is 26.2 Å². The molecule has 0 spiro atoms.